The standard InChI is InChI=1S/C24H22N4O2S2/c1-2-28-22(19-11-18(19)15-6-4-3-5-7-15)26-27-24(28)32-13-17-12-31-23(25-17)16-8-9-20-21(10-16)30-14-29-20/h3-10,12,18-19H,2,11,13-14H2,1H3. The van der Waals surface area contributed by atoms with E-state index in [0.717, 1.165) is 57.5 Å². The van der Waals surface area contributed by atoms with Crippen LogP contribution in [0.4, 0.5) is 0 Å². The van der Waals surface area contributed by atoms with Crippen LogP contribution in [-0.2, 0) is 12.3 Å². The molecule has 0 N–H and O–H groups in total. The molecule has 1 aliphatic carbocycles. The molecule has 4 aromatic rings. The highest BCUT2D eigenvalue weighted by Gasteiger charge is 2.43. The molecule has 2 aromatic heterocycles. The molecular formula is C24H22N4O2S2. The smallest absolute Gasteiger partial charge is 0.231 e. The van der Waals surface area contributed by atoms with Crippen molar-refractivity contribution in [1.82, 2.24) is 19.7 Å². The number of thioether (sulfide) groups is 1. The van der Waals surface area contributed by atoms with Crippen molar-refractivity contribution < 1.29 is 9.47 Å². The molecule has 32 heavy (non-hydrogen) atoms. The molecule has 6 rings (SSSR count). The van der Waals surface area contributed by atoms with Gasteiger partial charge in [0.25, 0.3) is 0 Å². The molecule has 8 heteroatoms. The zero-order valence-electron chi connectivity index (χ0n) is 17.6. The van der Waals surface area contributed by atoms with E-state index in [1.54, 1.807) is 23.1 Å². The predicted octanol–water partition coefficient (Wildman–Crippen LogP) is 5.71. The fourth-order valence-corrected chi connectivity index (χ4v) is 6.03. The van der Waals surface area contributed by atoms with E-state index in [9.17, 15) is 0 Å². The highest BCUT2D eigenvalue weighted by atomic mass is 32.2. The first kappa shape index (κ1) is 19.8. The molecule has 162 valence electrons. The summed E-state index contributed by atoms with van der Waals surface area (Å²) in [6.45, 7) is 3.32. The number of thiazole rings is 1. The molecule has 1 saturated carbocycles. The Kier molecular flexibility index (Phi) is 5.11. The molecule has 0 radical (unpaired) electrons. The van der Waals surface area contributed by atoms with E-state index in [0.29, 0.717) is 11.8 Å². The topological polar surface area (TPSA) is 62.1 Å². The Bertz CT molecular complexity index is 1250. The summed E-state index contributed by atoms with van der Waals surface area (Å²) in [6, 6.07) is 16.7. The second kappa shape index (κ2) is 8.26. The van der Waals surface area contributed by atoms with Crippen LogP contribution in [0.2, 0.25) is 0 Å². The SMILES string of the molecule is CCn1c(SCc2csc(-c3ccc4c(c3)OCO4)n2)nnc1C1CC1c1ccccc1. The summed E-state index contributed by atoms with van der Waals surface area (Å²) in [4.78, 5) is 4.83. The minimum Gasteiger partial charge on any atom is -0.454 e. The van der Waals surface area contributed by atoms with Crippen LogP contribution >= 0.6 is 23.1 Å². The molecule has 0 saturated heterocycles. The molecule has 0 amide bonds. The summed E-state index contributed by atoms with van der Waals surface area (Å²) in [5, 5.41) is 13.2. The Hall–Kier alpha value is -2.84. The average Bonchev–Trinajstić information content (AvgIpc) is 3.18. The van der Waals surface area contributed by atoms with Crippen LogP contribution in [0.3, 0.4) is 0 Å². The van der Waals surface area contributed by atoms with Crippen LogP contribution in [0.5, 0.6) is 11.5 Å². The number of nitrogens with zero attached hydrogens (tertiary/aromatic N) is 4. The third kappa shape index (κ3) is 3.67. The number of fused-ring (bicyclic) bond motifs is 1. The molecular weight excluding hydrogens is 440 g/mol. The predicted molar refractivity (Wildman–Crippen MR) is 125 cm³/mol. The van der Waals surface area contributed by atoms with Crippen molar-refractivity contribution in [3.63, 3.8) is 0 Å². The fraction of sp³-hybridized carbons (Fsp3) is 0.292. The maximum absolute atomic E-state index is 5.49. The van der Waals surface area contributed by atoms with Crippen LogP contribution in [0.1, 0.15) is 42.3 Å². The third-order valence-electron chi connectivity index (χ3n) is 5.93. The van der Waals surface area contributed by atoms with Crippen molar-refractivity contribution in [3.8, 4) is 22.1 Å². The van der Waals surface area contributed by atoms with Crippen LogP contribution in [0.15, 0.2) is 59.1 Å². The summed E-state index contributed by atoms with van der Waals surface area (Å²) in [5.41, 5.74) is 3.50. The van der Waals surface area contributed by atoms with Crippen molar-refractivity contribution in [2.24, 2.45) is 0 Å². The Morgan fingerprint density at radius 2 is 1.94 bits per heavy atom. The van der Waals surface area contributed by atoms with E-state index < -0.39 is 0 Å². The number of hydrogen-bond acceptors (Lipinski definition) is 7. The van der Waals surface area contributed by atoms with E-state index >= 15 is 0 Å². The summed E-state index contributed by atoms with van der Waals surface area (Å²) >= 11 is 3.35. The third-order valence-corrected chi connectivity index (χ3v) is 7.87. The first-order chi connectivity index (χ1) is 15.8. The Labute approximate surface area is 194 Å². The molecule has 1 fully saturated rings. The minimum absolute atomic E-state index is 0.283. The van der Waals surface area contributed by atoms with E-state index in [1.165, 1.54) is 5.56 Å². The quantitative estimate of drug-likeness (QED) is 0.328. The van der Waals surface area contributed by atoms with Crippen molar-refractivity contribution in [3.05, 3.63) is 71.0 Å². The lowest BCUT2D eigenvalue weighted by atomic mass is 10.1. The van der Waals surface area contributed by atoms with Gasteiger partial charge in [0.1, 0.15) is 10.8 Å². The minimum atomic E-state index is 0.283. The Morgan fingerprint density at radius 1 is 1.06 bits per heavy atom. The van der Waals surface area contributed by atoms with Crippen LogP contribution in [0, 0.1) is 0 Å². The molecule has 2 aliphatic rings. The van der Waals surface area contributed by atoms with Crippen LogP contribution < -0.4 is 9.47 Å². The lowest BCUT2D eigenvalue weighted by molar-refractivity contribution is 0.174. The maximum atomic E-state index is 5.49. The summed E-state index contributed by atoms with van der Waals surface area (Å²) in [7, 11) is 0. The van der Waals surface area contributed by atoms with E-state index in [-0.39, 0.29) is 6.79 Å². The van der Waals surface area contributed by atoms with Gasteiger partial charge in [0.05, 0.1) is 5.69 Å². The lowest BCUT2D eigenvalue weighted by Crippen LogP contribution is -2.03. The van der Waals surface area contributed by atoms with E-state index in [4.69, 9.17) is 14.5 Å². The fourth-order valence-electron chi connectivity index (χ4n) is 4.20. The number of hydrogen-bond donors (Lipinski definition) is 0. The summed E-state index contributed by atoms with van der Waals surface area (Å²) in [5.74, 6) is 4.49. The number of benzene rings is 2. The van der Waals surface area contributed by atoms with Gasteiger partial charge in [-0.25, -0.2) is 4.98 Å². The number of aromatic nitrogens is 4. The molecule has 1 aliphatic heterocycles. The molecule has 2 atom stereocenters. The largest absolute Gasteiger partial charge is 0.454 e. The Balaban J connectivity index is 1.14. The molecule has 2 unspecified atom stereocenters. The zero-order valence-corrected chi connectivity index (χ0v) is 19.2. The first-order valence-corrected chi connectivity index (χ1v) is 12.6. The molecule has 6 nitrogen and oxygen atoms in total. The second-order valence-electron chi connectivity index (χ2n) is 7.95. The maximum Gasteiger partial charge on any atom is 0.231 e. The summed E-state index contributed by atoms with van der Waals surface area (Å²) < 4.78 is 13.2. The number of ether oxygens (including phenoxy) is 2. The average molecular weight is 463 g/mol. The van der Waals surface area contributed by atoms with Gasteiger partial charge in [-0.15, -0.1) is 21.5 Å². The van der Waals surface area contributed by atoms with Gasteiger partial charge in [-0.2, -0.15) is 0 Å². The lowest BCUT2D eigenvalue weighted by Gasteiger charge is -2.07. The van der Waals surface area contributed by atoms with Gasteiger partial charge < -0.3 is 14.0 Å². The van der Waals surface area contributed by atoms with Gasteiger partial charge in [0.15, 0.2) is 16.7 Å². The number of rotatable bonds is 7. The summed E-state index contributed by atoms with van der Waals surface area (Å²) in [6.07, 6.45) is 1.15. The molecule has 3 heterocycles. The van der Waals surface area contributed by atoms with E-state index in [2.05, 4.69) is 57.4 Å². The first-order valence-electron chi connectivity index (χ1n) is 10.8. The highest BCUT2D eigenvalue weighted by Crippen LogP contribution is 2.54. The Morgan fingerprint density at radius 3 is 2.81 bits per heavy atom. The van der Waals surface area contributed by atoms with Crippen LogP contribution in [-0.4, -0.2) is 26.5 Å². The van der Waals surface area contributed by atoms with Gasteiger partial charge >= 0.3 is 0 Å². The van der Waals surface area contributed by atoms with Crippen molar-refractivity contribution in [1.29, 1.82) is 0 Å². The van der Waals surface area contributed by atoms with Gasteiger partial charge in [0, 0.05) is 29.2 Å². The van der Waals surface area contributed by atoms with Crippen molar-refractivity contribution in [2.45, 2.75) is 42.6 Å². The zero-order chi connectivity index (χ0) is 21.5. The van der Waals surface area contributed by atoms with Gasteiger partial charge in [0.2, 0.25) is 6.79 Å². The van der Waals surface area contributed by atoms with Crippen molar-refractivity contribution in [2.75, 3.05) is 6.79 Å². The molecule has 0 spiro atoms. The van der Waals surface area contributed by atoms with Gasteiger partial charge in [-0.05, 0) is 43.0 Å². The normalized spacial score (nSPS) is 18.8. The highest BCUT2D eigenvalue weighted by molar-refractivity contribution is 7.98. The van der Waals surface area contributed by atoms with Crippen LogP contribution in [0.25, 0.3) is 10.6 Å². The monoisotopic (exact) mass is 462 g/mol. The second-order valence-corrected chi connectivity index (χ2v) is 9.75. The van der Waals surface area contributed by atoms with E-state index in [1.807, 2.05) is 18.2 Å². The molecule has 0 bridgehead atoms. The van der Waals surface area contributed by atoms with Gasteiger partial charge in [-0.1, -0.05) is 42.1 Å². The molecule has 2 aromatic carbocycles. The van der Waals surface area contributed by atoms with Crippen molar-refractivity contribution >= 4 is 23.1 Å². The van der Waals surface area contributed by atoms with Gasteiger partial charge in [-0.3, -0.25) is 0 Å².